The van der Waals surface area contributed by atoms with E-state index < -0.39 is 0 Å². The fraction of sp³-hybridized carbons (Fsp3) is 0.440. The lowest BCUT2D eigenvalue weighted by molar-refractivity contribution is 0.0980. The minimum atomic E-state index is -0.252. The van der Waals surface area contributed by atoms with Gasteiger partial charge in [-0.15, -0.1) is 0 Å². The van der Waals surface area contributed by atoms with E-state index in [0.717, 1.165) is 64.3 Å². The molecule has 172 valence electrons. The van der Waals surface area contributed by atoms with Crippen molar-refractivity contribution in [2.45, 2.75) is 38.5 Å². The molecule has 6 nitrogen and oxygen atoms in total. The molecule has 3 aromatic rings. The fourth-order valence-electron chi connectivity index (χ4n) is 4.88. The molecule has 1 aromatic heterocycles. The van der Waals surface area contributed by atoms with Crippen LogP contribution >= 0.6 is 12.2 Å². The van der Waals surface area contributed by atoms with Crippen LogP contribution in [0.1, 0.15) is 30.0 Å². The van der Waals surface area contributed by atoms with Crippen molar-refractivity contribution in [3.63, 3.8) is 0 Å². The molecule has 0 radical (unpaired) electrons. The topological polar surface area (TPSA) is 38.5 Å². The molecule has 0 atom stereocenters. The molecule has 2 aliphatic heterocycles. The van der Waals surface area contributed by atoms with Crippen LogP contribution in [0.15, 0.2) is 42.5 Å². The van der Waals surface area contributed by atoms with Crippen molar-refractivity contribution in [3.05, 3.63) is 64.2 Å². The lowest BCUT2D eigenvalue weighted by atomic mass is 10.1. The van der Waals surface area contributed by atoms with Gasteiger partial charge in [0.1, 0.15) is 11.6 Å². The molecule has 0 spiro atoms. The van der Waals surface area contributed by atoms with Crippen molar-refractivity contribution in [2.75, 3.05) is 32.8 Å². The summed E-state index contributed by atoms with van der Waals surface area (Å²) in [5.41, 5.74) is 3.21. The first-order valence-electron chi connectivity index (χ1n) is 11.8. The molecule has 0 bridgehead atoms. The molecule has 2 aromatic carbocycles. The molecular formula is C25H28FN5OS. The predicted octanol–water partition coefficient (Wildman–Crippen LogP) is 4.27. The van der Waals surface area contributed by atoms with Crippen LogP contribution in [0.5, 0.6) is 5.75 Å². The number of benzene rings is 2. The molecule has 0 amide bonds. The Bertz CT molecular complexity index is 1230. The van der Waals surface area contributed by atoms with E-state index in [1.54, 1.807) is 12.1 Å². The summed E-state index contributed by atoms with van der Waals surface area (Å²) in [6.45, 7) is 6.34. The fourth-order valence-corrected chi connectivity index (χ4v) is 5.21. The second-order valence-electron chi connectivity index (χ2n) is 9.26. The molecular weight excluding hydrogens is 437 g/mol. The van der Waals surface area contributed by atoms with Gasteiger partial charge in [0.25, 0.3) is 0 Å². The minimum absolute atomic E-state index is 0.252. The van der Waals surface area contributed by atoms with Gasteiger partial charge in [0.05, 0.1) is 18.8 Å². The van der Waals surface area contributed by atoms with Crippen LogP contribution in [0.3, 0.4) is 0 Å². The van der Waals surface area contributed by atoms with E-state index in [4.69, 9.17) is 22.1 Å². The SMILES string of the molecule is Fc1ccccc1-c1nn(CN2CCN(Cc3ccc4c(c3)CCO4)CC2)c(=S)n1C1CC1. The molecule has 0 N–H and O–H groups in total. The van der Waals surface area contributed by atoms with Crippen LogP contribution in [-0.2, 0) is 19.6 Å². The summed E-state index contributed by atoms with van der Waals surface area (Å²) in [6, 6.07) is 13.8. The maximum absolute atomic E-state index is 14.5. The van der Waals surface area contributed by atoms with E-state index >= 15 is 0 Å². The van der Waals surface area contributed by atoms with Gasteiger partial charge in [-0.05, 0) is 54.4 Å². The van der Waals surface area contributed by atoms with Gasteiger partial charge < -0.3 is 4.74 Å². The zero-order valence-electron chi connectivity index (χ0n) is 18.6. The normalized spacial score (nSPS) is 18.9. The highest BCUT2D eigenvalue weighted by Crippen LogP contribution is 2.39. The zero-order valence-corrected chi connectivity index (χ0v) is 19.4. The number of ether oxygens (including phenoxy) is 1. The summed E-state index contributed by atoms with van der Waals surface area (Å²) in [5.74, 6) is 1.44. The number of rotatable bonds is 6. The largest absolute Gasteiger partial charge is 0.493 e. The zero-order chi connectivity index (χ0) is 22.4. The van der Waals surface area contributed by atoms with Crippen LogP contribution in [0.25, 0.3) is 11.4 Å². The third kappa shape index (κ3) is 4.23. The van der Waals surface area contributed by atoms with Crippen molar-refractivity contribution < 1.29 is 9.13 Å². The maximum Gasteiger partial charge on any atom is 0.199 e. The van der Waals surface area contributed by atoms with Gasteiger partial charge in [0.15, 0.2) is 10.6 Å². The summed E-state index contributed by atoms with van der Waals surface area (Å²) >= 11 is 5.78. The highest BCUT2D eigenvalue weighted by atomic mass is 32.1. The summed E-state index contributed by atoms with van der Waals surface area (Å²) < 4.78 is 24.8. The Balaban J connectivity index is 1.13. The van der Waals surface area contributed by atoms with E-state index in [9.17, 15) is 4.39 Å². The third-order valence-corrected chi connectivity index (χ3v) is 7.26. The van der Waals surface area contributed by atoms with Crippen LogP contribution < -0.4 is 4.74 Å². The van der Waals surface area contributed by atoms with Crippen LogP contribution in [0.2, 0.25) is 0 Å². The first kappa shape index (κ1) is 21.0. The predicted molar refractivity (Wildman–Crippen MR) is 127 cm³/mol. The quantitative estimate of drug-likeness (QED) is 0.509. The van der Waals surface area contributed by atoms with E-state index in [-0.39, 0.29) is 5.82 Å². The molecule has 0 unspecified atom stereocenters. The number of piperazine rings is 1. The number of aromatic nitrogens is 3. The second kappa shape index (κ2) is 8.66. The van der Waals surface area contributed by atoms with Crippen molar-refractivity contribution in [3.8, 4) is 17.1 Å². The van der Waals surface area contributed by atoms with Crippen LogP contribution in [-0.4, -0.2) is 56.9 Å². The van der Waals surface area contributed by atoms with Gasteiger partial charge >= 0.3 is 0 Å². The Hall–Kier alpha value is -2.55. The smallest absolute Gasteiger partial charge is 0.199 e. The van der Waals surface area contributed by atoms with E-state index in [1.807, 2.05) is 10.7 Å². The van der Waals surface area contributed by atoms with Crippen molar-refractivity contribution >= 4 is 12.2 Å². The van der Waals surface area contributed by atoms with Gasteiger partial charge in [-0.2, -0.15) is 5.10 Å². The molecule has 3 heterocycles. The van der Waals surface area contributed by atoms with E-state index in [1.165, 1.54) is 17.2 Å². The first-order chi connectivity index (χ1) is 16.2. The summed E-state index contributed by atoms with van der Waals surface area (Å²) in [5, 5.41) is 4.78. The van der Waals surface area contributed by atoms with Crippen LogP contribution in [0, 0.1) is 10.6 Å². The lowest BCUT2D eigenvalue weighted by Gasteiger charge is -2.34. The Morgan fingerprint density at radius 2 is 1.82 bits per heavy atom. The number of hydrogen-bond donors (Lipinski definition) is 0. The molecule has 1 saturated heterocycles. The van der Waals surface area contributed by atoms with Crippen molar-refractivity contribution in [1.82, 2.24) is 24.1 Å². The minimum Gasteiger partial charge on any atom is -0.493 e. The maximum atomic E-state index is 14.5. The average Bonchev–Trinajstić information content (AvgIpc) is 3.46. The second-order valence-corrected chi connectivity index (χ2v) is 9.63. The number of nitrogens with zero attached hydrogens (tertiary/aromatic N) is 5. The van der Waals surface area contributed by atoms with E-state index in [0.29, 0.717) is 28.9 Å². The van der Waals surface area contributed by atoms with Gasteiger partial charge in [-0.3, -0.25) is 14.4 Å². The Morgan fingerprint density at radius 1 is 1.03 bits per heavy atom. The Kier molecular flexibility index (Phi) is 5.52. The van der Waals surface area contributed by atoms with Crippen molar-refractivity contribution in [2.24, 2.45) is 0 Å². The summed E-state index contributed by atoms with van der Waals surface area (Å²) in [6.07, 6.45) is 3.17. The number of halogens is 1. The Morgan fingerprint density at radius 3 is 2.61 bits per heavy atom. The summed E-state index contributed by atoms with van der Waals surface area (Å²) in [4.78, 5) is 4.89. The molecule has 6 rings (SSSR count). The highest BCUT2D eigenvalue weighted by molar-refractivity contribution is 7.71. The van der Waals surface area contributed by atoms with Gasteiger partial charge in [-0.1, -0.05) is 24.3 Å². The number of fused-ring (bicyclic) bond motifs is 1. The average molecular weight is 466 g/mol. The summed E-state index contributed by atoms with van der Waals surface area (Å²) in [7, 11) is 0. The van der Waals surface area contributed by atoms with E-state index in [2.05, 4.69) is 32.6 Å². The standard InChI is InChI=1S/C25H28FN5OS/c26-22-4-2-1-3-21(22)24-27-30(25(33)31(24)20-6-7-20)17-29-12-10-28(11-13-29)16-18-5-8-23-19(15-18)9-14-32-23/h1-5,8,15,20H,6-7,9-14,16-17H2. The molecule has 3 aliphatic rings. The lowest BCUT2D eigenvalue weighted by Crippen LogP contribution is -2.46. The highest BCUT2D eigenvalue weighted by Gasteiger charge is 2.30. The van der Waals surface area contributed by atoms with Gasteiger partial charge in [0, 0.05) is 45.2 Å². The monoisotopic (exact) mass is 465 g/mol. The molecule has 1 saturated carbocycles. The molecule has 2 fully saturated rings. The van der Waals surface area contributed by atoms with Crippen LogP contribution in [0.4, 0.5) is 4.39 Å². The van der Waals surface area contributed by atoms with Gasteiger partial charge in [0.2, 0.25) is 0 Å². The number of hydrogen-bond acceptors (Lipinski definition) is 5. The molecule has 33 heavy (non-hydrogen) atoms. The molecule has 8 heteroatoms. The van der Waals surface area contributed by atoms with Gasteiger partial charge in [-0.25, -0.2) is 9.07 Å². The molecule has 1 aliphatic carbocycles. The van der Waals surface area contributed by atoms with Crippen molar-refractivity contribution in [1.29, 1.82) is 0 Å². The first-order valence-corrected chi connectivity index (χ1v) is 12.2. The third-order valence-electron chi connectivity index (χ3n) is 6.86. The Labute approximate surface area is 198 Å².